The second kappa shape index (κ2) is 7.64. The van der Waals surface area contributed by atoms with Crippen molar-refractivity contribution in [3.05, 3.63) is 24.2 Å². The number of carbonyl (C=O) groups is 2. The molecular formula is C17H27N3O3. The number of likely N-dealkylation sites (tertiary alicyclic amines) is 1. The van der Waals surface area contributed by atoms with Gasteiger partial charge in [0.2, 0.25) is 5.91 Å². The van der Waals surface area contributed by atoms with Gasteiger partial charge in [0.25, 0.3) is 5.91 Å². The topological polar surface area (TPSA) is 65.8 Å². The molecule has 6 heteroatoms. The molecule has 2 rings (SSSR count). The molecule has 128 valence electrons. The largest absolute Gasteiger partial charge is 0.459 e. The number of hydrogen-bond acceptors (Lipinski definition) is 4. The number of hydrogen-bond donors (Lipinski definition) is 1. The molecule has 0 radical (unpaired) electrons. The van der Waals surface area contributed by atoms with Crippen molar-refractivity contribution in [2.45, 2.75) is 26.3 Å². The van der Waals surface area contributed by atoms with Crippen LogP contribution in [0.5, 0.6) is 0 Å². The van der Waals surface area contributed by atoms with Crippen LogP contribution in [0.1, 0.15) is 30.8 Å². The van der Waals surface area contributed by atoms with Crippen molar-refractivity contribution >= 4 is 11.8 Å². The monoisotopic (exact) mass is 321 g/mol. The van der Waals surface area contributed by atoms with Crippen LogP contribution >= 0.6 is 0 Å². The van der Waals surface area contributed by atoms with E-state index in [4.69, 9.17) is 4.42 Å². The third-order valence-corrected chi connectivity index (χ3v) is 4.19. The molecule has 0 spiro atoms. The lowest BCUT2D eigenvalue weighted by Crippen LogP contribution is -2.50. The number of amides is 2. The Kier molecular flexibility index (Phi) is 5.82. The quantitative estimate of drug-likeness (QED) is 0.861. The zero-order valence-electron chi connectivity index (χ0n) is 14.4. The predicted molar refractivity (Wildman–Crippen MR) is 88.0 cm³/mol. The van der Waals surface area contributed by atoms with Gasteiger partial charge in [-0.2, -0.15) is 0 Å². The summed E-state index contributed by atoms with van der Waals surface area (Å²) in [7, 11) is 4.09. The summed E-state index contributed by atoms with van der Waals surface area (Å²) in [4.78, 5) is 29.0. The summed E-state index contributed by atoms with van der Waals surface area (Å²) in [5.74, 6) is 0.416. The van der Waals surface area contributed by atoms with E-state index >= 15 is 0 Å². The molecule has 2 heterocycles. The summed E-state index contributed by atoms with van der Waals surface area (Å²) >= 11 is 0. The Bertz CT molecular complexity index is 525. The first kappa shape index (κ1) is 17.5. The van der Waals surface area contributed by atoms with E-state index in [-0.39, 0.29) is 23.5 Å². The highest BCUT2D eigenvalue weighted by Gasteiger charge is 2.33. The molecule has 0 aliphatic carbocycles. The van der Waals surface area contributed by atoms with Crippen LogP contribution in [-0.2, 0) is 4.79 Å². The number of nitrogens with zero attached hydrogens (tertiary/aromatic N) is 2. The molecule has 1 aliphatic rings. The van der Waals surface area contributed by atoms with Crippen LogP contribution in [0.2, 0.25) is 0 Å². The van der Waals surface area contributed by atoms with Crippen LogP contribution in [-0.4, -0.2) is 61.4 Å². The zero-order chi connectivity index (χ0) is 17.0. The fraction of sp³-hybridized carbons (Fsp3) is 0.647. The molecule has 6 nitrogen and oxygen atoms in total. The third kappa shape index (κ3) is 4.58. The van der Waals surface area contributed by atoms with Crippen molar-refractivity contribution in [1.82, 2.24) is 15.1 Å². The lowest BCUT2D eigenvalue weighted by atomic mass is 10.0. The Hall–Kier alpha value is -1.82. The van der Waals surface area contributed by atoms with E-state index in [1.165, 1.54) is 6.26 Å². The Balaban J connectivity index is 1.98. The molecule has 1 aromatic heterocycles. The maximum Gasteiger partial charge on any atom is 0.287 e. The molecule has 1 aliphatic heterocycles. The van der Waals surface area contributed by atoms with Gasteiger partial charge < -0.3 is 19.5 Å². The molecule has 1 fully saturated rings. The maximum atomic E-state index is 12.8. The third-order valence-electron chi connectivity index (χ3n) is 4.19. The summed E-state index contributed by atoms with van der Waals surface area (Å²) in [6.07, 6.45) is 2.47. The minimum Gasteiger partial charge on any atom is -0.459 e. The van der Waals surface area contributed by atoms with Gasteiger partial charge in [0.05, 0.1) is 6.26 Å². The molecule has 0 aromatic carbocycles. The van der Waals surface area contributed by atoms with Gasteiger partial charge in [-0.1, -0.05) is 13.8 Å². The molecule has 1 saturated heterocycles. The molecule has 2 amide bonds. The lowest BCUT2D eigenvalue weighted by molar-refractivity contribution is -0.133. The Labute approximate surface area is 137 Å². The molecule has 0 bridgehead atoms. The minimum atomic E-state index is -0.522. The van der Waals surface area contributed by atoms with Gasteiger partial charge in [0.15, 0.2) is 5.76 Å². The molecule has 2 unspecified atom stereocenters. The standard InChI is InChI=1S/C17H27N3O3/c1-12(2)15(18-16(21)14-6-5-9-23-14)17(22)20-8-7-13(11-20)10-19(3)4/h5-6,9,12-13,15H,7-8,10-11H2,1-4H3,(H,18,21). The normalized spacial score (nSPS) is 19.4. The maximum absolute atomic E-state index is 12.8. The van der Waals surface area contributed by atoms with Crippen molar-refractivity contribution in [3.63, 3.8) is 0 Å². The average Bonchev–Trinajstić information content (AvgIpc) is 3.13. The van der Waals surface area contributed by atoms with Crippen LogP contribution in [0.4, 0.5) is 0 Å². The highest BCUT2D eigenvalue weighted by molar-refractivity contribution is 5.95. The van der Waals surface area contributed by atoms with Crippen LogP contribution in [0.15, 0.2) is 22.8 Å². The Morgan fingerprint density at radius 3 is 2.74 bits per heavy atom. The van der Waals surface area contributed by atoms with E-state index in [2.05, 4.69) is 10.2 Å². The fourth-order valence-corrected chi connectivity index (χ4v) is 3.03. The van der Waals surface area contributed by atoms with Crippen molar-refractivity contribution in [2.75, 3.05) is 33.7 Å². The summed E-state index contributed by atoms with van der Waals surface area (Å²) in [6, 6.07) is 2.74. The highest BCUT2D eigenvalue weighted by atomic mass is 16.3. The van der Waals surface area contributed by atoms with Gasteiger partial charge in [-0.3, -0.25) is 9.59 Å². The summed E-state index contributed by atoms with van der Waals surface area (Å²) in [5, 5.41) is 2.82. The van der Waals surface area contributed by atoms with Crippen LogP contribution < -0.4 is 5.32 Å². The number of furan rings is 1. The fourth-order valence-electron chi connectivity index (χ4n) is 3.03. The SMILES string of the molecule is CC(C)C(NC(=O)c1ccco1)C(=O)N1CCC(CN(C)C)C1. The number of nitrogens with one attached hydrogen (secondary N) is 1. The van der Waals surface area contributed by atoms with Crippen molar-refractivity contribution in [1.29, 1.82) is 0 Å². The van der Waals surface area contributed by atoms with Gasteiger partial charge in [0, 0.05) is 19.6 Å². The first-order chi connectivity index (χ1) is 10.9. The first-order valence-corrected chi connectivity index (χ1v) is 8.16. The van der Waals surface area contributed by atoms with Gasteiger partial charge in [-0.05, 0) is 44.5 Å². The van der Waals surface area contributed by atoms with Crippen molar-refractivity contribution in [2.24, 2.45) is 11.8 Å². The van der Waals surface area contributed by atoms with E-state index in [0.29, 0.717) is 5.92 Å². The van der Waals surface area contributed by atoms with E-state index in [9.17, 15) is 9.59 Å². The minimum absolute atomic E-state index is 0.00108. The summed E-state index contributed by atoms with van der Waals surface area (Å²) in [5.41, 5.74) is 0. The van der Waals surface area contributed by atoms with Gasteiger partial charge in [-0.15, -0.1) is 0 Å². The molecule has 1 N–H and O–H groups in total. The van der Waals surface area contributed by atoms with E-state index in [1.807, 2.05) is 32.8 Å². The van der Waals surface area contributed by atoms with E-state index in [0.717, 1.165) is 26.1 Å². The highest BCUT2D eigenvalue weighted by Crippen LogP contribution is 2.19. The second-order valence-electron chi connectivity index (χ2n) is 6.87. The van der Waals surface area contributed by atoms with Gasteiger partial charge >= 0.3 is 0 Å². The first-order valence-electron chi connectivity index (χ1n) is 8.16. The zero-order valence-corrected chi connectivity index (χ0v) is 14.4. The van der Waals surface area contributed by atoms with Crippen molar-refractivity contribution in [3.8, 4) is 0 Å². The number of carbonyl (C=O) groups excluding carboxylic acids is 2. The van der Waals surface area contributed by atoms with Crippen LogP contribution in [0, 0.1) is 11.8 Å². The second-order valence-corrected chi connectivity index (χ2v) is 6.87. The molecule has 1 aromatic rings. The average molecular weight is 321 g/mol. The van der Waals surface area contributed by atoms with Gasteiger partial charge in [-0.25, -0.2) is 0 Å². The summed E-state index contributed by atoms with van der Waals surface area (Å²) < 4.78 is 5.10. The van der Waals surface area contributed by atoms with Crippen LogP contribution in [0.3, 0.4) is 0 Å². The van der Waals surface area contributed by atoms with Gasteiger partial charge in [0.1, 0.15) is 6.04 Å². The lowest BCUT2D eigenvalue weighted by Gasteiger charge is -2.27. The van der Waals surface area contributed by atoms with Crippen LogP contribution in [0.25, 0.3) is 0 Å². The molecule has 0 saturated carbocycles. The van der Waals surface area contributed by atoms with E-state index in [1.54, 1.807) is 12.1 Å². The number of rotatable bonds is 6. The smallest absolute Gasteiger partial charge is 0.287 e. The molecular weight excluding hydrogens is 294 g/mol. The summed E-state index contributed by atoms with van der Waals surface area (Å²) in [6.45, 7) is 6.39. The molecule has 23 heavy (non-hydrogen) atoms. The Morgan fingerprint density at radius 1 is 1.43 bits per heavy atom. The molecule has 2 atom stereocenters. The van der Waals surface area contributed by atoms with Crippen molar-refractivity contribution < 1.29 is 14.0 Å². The van der Waals surface area contributed by atoms with E-state index < -0.39 is 6.04 Å². The Morgan fingerprint density at radius 2 is 2.17 bits per heavy atom. The predicted octanol–water partition coefficient (Wildman–Crippen LogP) is 1.44.